The summed E-state index contributed by atoms with van der Waals surface area (Å²) in [5.41, 5.74) is 0.0376. The molecular formula is C17H19F3O3S2. The van der Waals surface area contributed by atoms with Gasteiger partial charge in [-0.2, -0.15) is 13.2 Å². The standard InChI is InChI=1S/C16H18S.CHF3O3S/c1-11-10-16(14(4)13(3)12(11)2)17-15-8-6-5-7-9-15;2-1(3,4)8(5,6)7/h5-10H,1-4H3;(H,5,6,7). The smallest absolute Gasteiger partial charge is 0.485 e. The van der Waals surface area contributed by atoms with Crippen molar-refractivity contribution in [2.45, 2.75) is 43.0 Å². The van der Waals surface area contributed by atoms with Crippen LogP contribution in [0.3, 0.4) is 0 Å². The van der Waals surface area contributed by atoms with Crippen LogP contribution in [0.1, 0.15) is 22.3 Å². The fourth-order valence-corrected chi connectivity index (χ4v) is 3.14. The second-order valence-corrected chi connectivity index (χ2v) is 8.03. The summed E-state index contributed by atoms with van der Waals surface area (Å²) in [5.74, 6) is 0. The molecule has 0 saturated carbocycles. The van der Waals surface area contributed by atoms with Gasteiger partial charge in [0.25, 0.3) is 0 Å². The Morgan fingerprint density at radius 3 is 1.84 bits per heavy atom. The van der Waals surface area contributed by atoms with Crippen LogP contribution < -0.4 is 0 Å². The van der Waals surface area contributed by atoms with E-state index in [4.69, 9.17) is 13.0 Å². The fraction of sp³-hybridized carbons (Fsp3) is 0.294. The molecule has 0 N–H and O–H groups in total. The number of halogens is 3. The largest absolute Gasteiger partial charge is 0.741 e. The van der Waals surface area contributed by atoms with Gasteiger partial charge in [-0.25, -0.2) is 8.42 Å². The van der Waals surface area contributed by atoms with Crippen LogP contribution in [0.4, 0.5) is 13.2 Å². The molecule has 2 rings (SSSR count). The minimum Gasteiger partial charge on any atom is -0.741 e. The first kappa shape index (κ1) is 21.5. The van der Waals surface area contributed by atoms with E-state index in [2.05, 4.69) is 64.1 Å². The summed E-state index contributed by atoms with van der Waals surface area (Å²) in [6.07, 6.45) is 0. The van der Waals surface area contributed by atoms with Crippen LogP contribution in [0.25, 0.3) is 0 Å². The molecule has 0 bridgehead atoms. The molecular weight excluding hydrogens is 373 g/mol. The number of thiol groups is 1. The highest BCUT2D eigenvalue weighted by molar-refractivity contribution is 7.86. The summed E-state index contributed by atoms with van der Waals surface area (Å²) in [4.78, 5) is 2.79. The quantitative estimate of drug-likeness (QED) is 0.333. The van der Waals surface area contributed by atoms with Crippen molar-refractivity contribution in [3.05, 3.63) is 58.7 Å². The van der Waals surface area contributed by atoms with E-state index < -0.39 is 15.6 Å². The van der Waals surface area contributed by atoms with E-state index in [1.165, 1.54) is 43.8 Å². The van der Waals surface area contributed by atoms with E-state index >= 15 is 0 Å². The first-order valence-electron chi connectivity index (χ1n) is 7.21. The van der Waals surface area contributed by atoms with Gasteiger partial charge in [0.05, 0.1) is 0 Å². The van der Waals surface area contributed by atoms with E-state index in [0.717, 1.165) is 0 Å². The second kappa shape index (κ2) is 8.25. The Hall–Kier alpha value is -1.51. The van der Waals surface area contributed by atoms with Crippen LogP contribution in [-0.2, 0) is 21.9 Å². The molecule has 0 saturated heterocycles. The Morgan fingerprint density at radius 2 is 1.40 bits per heavy atom. The Kier molecular flexibility index (Phi) is 7.10. The van der Waals surface area contributed by atoms with Crippen molar-refractivity contribution in [1.82, 2.24) is 0 Å². The van der Waals surface area contributed by atoms with Gasteiger partial charge < -0.3 is 4.55 Å². The number of alkyl halides is 3. The summed E-state index contributed by atoms with van der Waals surface area (Å²) in [6, 6.07) is 13.0. The molecule has 0 amide bonds. The molecule has 2 aromatic rings. The molecule has 0 heterocycles. The van der Waals surface area contributed by atoms with Crippen LogP contribution in [0.5, 0.6) is 0 Å². The maximum absolute atomic E-state index is 10.7. The highest BCUT2D eigenvalue weighted by Crippen LogP contribution is 2.24. The first-order valence-corrected chi connectivity index (χ1v) is 9.51. The van der Waals surface area contributed by atoms with Crippen molar-refractivity contribution in [3.8, 4) is 0 Å². The zero-order valence-electron chi connectivity index (χ0n) is 14.2. The van der Waals surface area contributed by atoms with Crippen molar-refractivity contribution >= 4 is 21.9 Å². The van der Waals surface area contributed by atoms with Crippen LogP contribution in [0.2, 0.25) is 0 Å². The lowest BCUT2D eigenvalue weighted by molar-refractivity contribution is -0.0517. The Balaban J connectivity index is 0.000000333. The average Bonchev–Trinajstić information content (AvgIpc) is 2.50. The van der Waals surface area contributed by atoms with Gasteiger partial charge >= 0.3 is 5.51 Å². The molecule has 0 fully saturated rings. The van der Waals surface area contributed by atoms with E-state index in [0.29, 0.717) is 0 Å². The van der Waals surface area contributed by atoms with Crippen LogP contribution in [-0.4, -0.2) is 18.5 Å². The van der Waals surface area contributed by atoms with Crippen molar-refractivity contribution < 1.29 is 26.1 Å². The van der Waals surface area contributed by atoms with Crippen molar-refractivity contribution in [1.29, 1.82) is 0 Å². The molecule has 2 aromatic carbocycles. The van der Waals surface area contributed by atoms with Gasteiger partial charge in [-0.1, -0.05) is 18.2 Å². The lowest BCUT2D eigenvalue weighted by atomic mass is 10.00. The summed E-state index contributed by atoms with van der Waals surface area (Å²) in [6.45, 7) is 8.86. The fourth-order valence-electron chi connectivity index (χ4n) is 1.95. The Labute approximate surface area is 150 Å². The zero-order chi connectivity index (χ0) is 19.4. The first-order chi connectivity index (χ1) is 11.3. The summed E-state index contributed by atoms with van der Waals surface area (Å²) in [7, 11) is -6.09. The minimum atomic E-state index is -6.09. The highest BCUT2D eigenvalue weighted by Gasteiger charge is 2.36. The number of aryl methyl sites for hydroxylation is 1. The maximum Gasteiger partial charge on any atom is 0.485 e. The van der Waals surface area contributed by atoms with Gasteiger partial charge in [-0.05, 0) is 62.6 Å². The van der Waals surface area contributed by atoms with Crippen LogP contribution in [0.15, 0.2) is 46.2 Å². The van der Waals surface area contributed by atoms with E-state index in [9.17, 15) is 13.2 Å². The molecule has 0 aromatic heterocycles. The van der Waals surface area contributed by atoms with E-state index in [-0.39, 0.29) is 0 Å². The molecule has 0 spiro atoms. The summed E-state index contributed by atoms with van der Waals surface area (Å²) < 4.78 is 58.9. The number of benzene rings is 2. The molecule has 0 aliphatic heterocycles. The topological polar surface area (TPSA) is 57.2 Å². The predicted octanol–water partition coefficient (Wildman–Crippen LogP) is 4.20. The van der Waals surface area contributed by atoms with Crippen molar-refractivity contribution in [2.75, 3.05) is 0 Å². The third-order valence-electron chi connectivity index (χ3n) is 3.74. The summed E-state index contributed by atoms with van der Waals surface area (Å²) >= 11 is 1.31. The molecule has 0 atom stereocenters. The SMILES string of the molecule is Cc1cc([SH+]c2ccccc2)c(C)c(C)c1C.O=S(=O)([O-])C(F)(F)F. The van der Waals surface area contributed by atoms with Gasteiger partial charge in [0.15, 0.2) is 19.9 Å². The van der Waals surface area contributed by atoms with Gasteiger partial charge in [0, 0.05) is 17.3 Å². The van der Waals surface area contributed by atoms with Crippen molar-refractivity contribution in [2.24, 2.45) is 0 Å². The average molecular weight is 392 g/mol. The second-order valence-electron chi connectivity index (χ2n) is 5.43. The van der Waals surface area contributed by atoms with Crippen LogP contribution in [0, 0.1) is 27.7 Å². The number of hydrogen-bond acceptors (Lipinski definition) is 3. The third-order valence-corrected chi connectivity index (χ3v) is 5.57. The molecule has 8 heteroatoms. The van der Waals surface area contributed by atoms with E-state index in [1.807, 2.05) is 0 Å². The van der Waals surface area contributed by atoms with Gasteiger partial charge in [-0.15, -0.1) is 0 Å². The lowest BCUT2D eigenvalue weighted by Gasteiger charge is -2.09. The minimum absolute atomic E-state index is 1.31. The monoisotopic (exact) mass is 392 g/mol. The van der Waals surface area contributed by atoms with Gasteiger partial charge in [0.2, 0.25) is 0 Å². The van der Waals surface area contributed by atoms with Crippen LogP contribution >= 0.6 is 0 Å². The van der Waals surface area contributed by atoms with E-state index in [1.54, 1.807) is 0 Å². The molecule has 0 aliphatic carbocycles. The lowest BCUT2D eigenvalue weighted by Crippen LogP contribution is -2.21. The molecule has 25 heavy (non-hydrogen) atoms. The Bertz CT molecular complexity index is 830. The van der Waals surface area contributed by atoms with Gasteiger partial charge in [0.1, 0.15) is 0 Å². The highest BCUT2D eigenvalue weighted by atomic mass is 32.2. The maximum atomic E-state index is 10.7. The van der Waals surface area contributed by atoms with Gasteiger partial charge in [-0.3, -0.25) is 0 Å². The zero-order valence-corrected chi connectivity index (χ0v) is 15.9. The summed E-state index contributed by atoms with van der Waals surface area (Å²) in [5, 5.41) is 0. The number of hydrogen-bond donors (Lipinski definition) is 0. The third kappa shape index (κ3) is 6.05. The molecule has 0 radical (unpaired) electrons. The van der Waals surface area contributed by atoms with Crippen molar-refractivity contribution in [3.63, 3.8) is 0 Å². The molecule has 0 aliphatic rings. The Morgan fingerprint density at radius 1 is 0.920 bits per heavy atom. The molecule has 138 valence electrons. The number of rotatable bonds is 2. The predicted molar refractivity (Wildman–Crippen MR) is 92.9 cm³/mol. The molecule has 3 nitrogen and oxygen atoms in total. The molecule has 0 unspecified atom stereocenters. The normalized spacial score (nSPS) is 11.7.